The van der Waals surface area contributed by atoms with Crippen molar-refractivity contribution in [3.63, 3.8) is 0 Å². The first kappa shape index (κ1) is 17.9. The van der Waals surface area contributed by atoms with Crippen LogP contribution in [-0.2, 0) is 16.0 Å². The van der Waals surface area contributed by atoms with E-state index in [0.29, 0.717) is 5.01 Å². The minimum absolute atomic E-state index is 0.272. The molecule has 0 amide bonds. The van der Waals surface area contributed by atoms with E-state index in [0.717, 1.165) is 23.1 Å². The number of carboxylic acid groups (broad SMARTS) is 1. The second-order valence-corrected chi connectivity index (χ2v) is 7.16. The molecule has 1 atom stereocenters. The molecule has 1 aromatic heterocycles. The molecule has 2 rings (SSSR count). The number of thiazole rings is 1. The van der Waals surface area contributed by atoms with Crippen LogP contribution in [0.4, 0.5) is 0 Å². The quantitative estimate of drug-likeness (QED) is 0.518. The molecular formula is C17H21NO3S2. The van der Waals surface area contributed by atoms with Crippen molar-refractivity contribution in [2.75, 3.05) is 0 Å². The number of carbonyl (C=O) groups is 2. The van der Waals surface area contributed by atoms with Gasteiger partial charge in [0.2, 0.25) is 0 Å². The zero-order valence-corrected chi connectivity index (χ0v) is 14.8. The molecule has 1 heterocycles. The van der Waals surface area contributed by atoms with Gasteiger partial charge in [-0.25, -0.2) is 4.98 Å². The Morgan fingerprint density at radius 1 is 1.30 bits per heavy atom. The highest BCUT2D eigenvalue weighted by atomic mass is 32.1. The van der Waals surface area contributed by atoms with E-state index in [1.807, 2.05) is 12.1 Å². The Labute approximate surface area is 145 Å². The Balaban J connectivity index is 2.17. The predicted octanol–water partition coefficient (Wildman–Crippen LogP) is 4.43. The molecular weight excluding hydrogens is 330 g/mol. The molecule has 0 aliphatic rings. The number of carboxylic acids is 1. The third kappa shape index (κ3) is 5.04. The molecule has 0 fully saturated rings. The van der Waals surface area contributed by atoms with Crippen LogP contribution >= 0.6 is 24.0 Å². The van der Waals surface area contributed by atoms with Gasteiger partial charge in [0.05, 0.1) is 22.6 Å². The van der Waals surface area contributed by atoms with Gasteiger partial charge in [0, 0.05) is 0 Å². The van der Waals surface area contributed by atoms with E-state index in [4.69, 9.17) is 5.11 Å². The van der Waals surface area contributed by atoms with Gasteiger partial charge in [0.25, 0.3) is 0 Å². The van der Waals surface area contributed by atoms with Crippen molar-refractivity contribution in [3.05, 3.63) is 28.8 Å². The standard InChI is InChI=1S/C17H21NO3S2/c1-2-3-4-5-6-11-7-8-14-13(9-11)18-16(23-14)12(17(21)22)10-15(19)20/h7-9,12H,2-6,10H2,1H3,(H,19,20)(H,21,22). The average Bonchev–Trinajstić information content (AvgIpc) is 2.91. The Morgan fingerprint density at radius 3 is 2.74 bits per heavy atom. The SMILES string of the molecule is CCCCCCc1ccc2sc(C(CC(=O)O)C(=O)S)nc2c1. The van der Waals surface area contributed by atoms with E-state index in [1.165, 1.54) is 36.2 Å². The maximum absolute atomic E-state index is 11.6. The third-order valence-corrected chi connectivity index (χ3v) is 5.22. The van der Waals surface area contributed by atoms with Gasteiger partial charge in [-0.2, -0.15) is 0 Å². The van der Waals surface area contributed by atoms with Crippen LogP contribution in [0.2, 0.25) is 0 Å². The molecule has 23 heavy (non-hydrogen) atoms. The Bertz CT molecular complexity index is 696. The van der Waals surface area contributed by atoms with Crippen molar-refractivity contribution in [3.8, 4) is 0 Å². The lowest BCUT2D eigenvalue weighted by Gasteiger charge is -2.05. The number of fused-ring (bicyclic) bond motifs is 1. The first-order chi connectivity index (χ1) is 11.0. The fraction of sp³-hybridized carbons (Fsp3) is 0.471. The zero-order chi connectivity index (χ0) is 16.8. The number of unbranched alkanes of at least 4 members (excludes halogenated alkanes) is 3. The van der Waals surface area contributed by atoms with Crippen molar-refractivity contribution < 1.29 is 14.7 Å². The molecule has 0 bridgehead atoms. The lowest BCUT2D eigenvalue weighted by molar-refractivity contribution is -0.138. The van der Waals surface area contributed by atoms with E-state index in [2.05, 4.69) is 30.6 Å². The van der Waals surface area contributed by atoms with Crippen LogP contribution in [0.5, 0.6) is 0 Å². The summed E-state index contributed by atoms with van der Waals surface area (Å²) in [7, 11) is 0. The number of hydrogen-bond donors (Lipinski definition) is 2. The number of aryl methyl sites for hydroxylation is 1. The summed E-state index contributed by atoms with van der Waals surface area (Å²) in [4.78, 5) is 27.0. The van der Waals surface area contributed by atoms with Crippen molar-refractivity contribution in [2.45, 2.75) is 51.4 Å². The second kappa shape index (κ2) is 8.45. The summed E-state index contributed by atoms with van der Waals surface area (Å²) >= 11 is 5.18. The van der Waals surface area contributed by atoms with Crippen LogP contribution in [0.1, 0.15) is 55.5 Å². The lowest BCUT2D eigenvalue weighted by atomic mass is 10.1. The molecule has 1 aromatic carbocycles. The van der Waals surface area contributed by atoms with Gasteiger partial charge in [0.15, 0.2) is 5.12 Å². The molecule has 6 heteroatoms. The minimum atomic E-state index is -1.02. The highest BCUT2D eigenvalue weighted by Crippen LogP contribution is 2.31. The van der Waals surface area contributed by atoms with Gasteiger partial charge in [-0.1, -0.05) is 32.3 Å². The number of hydrogen-bond acceptors (Lipinski definition) is 4. The summed E-state index contributed by atoms with van der Waals surface area (Å²) in [5.74, 6) is -1.80. The smallest absolute Gasteiger partial charge is 0.304 e. The van der Waals surface area contributed by atoms with Gasteiger partial charge < -0.3 is 5.11 Å². The Morgan fingerprint density at radius 2 is 2.09 bits per heavy atom. The normalized spacial score (nSPS) is 12.4. The summed E-state index contributed by atoms with van der Waals surface area (Å²) in [6.45, 7) is 2.19. The van der Waals surface area contributed by atoms with Gasteiger partial charge in [-0.3, -0.25) is 9.59 Å². The molecule has 0 radical (unpaired) electrons. The van der Waals surface area contributed by atoms with E-state index in [9.17, 15) is 9.59 Å². The van der Waals surface area contributed by atoms with Crippen molar-refractivity contribution in [1.29, 1.82) is 0 Å². The van der Waals surface area contributed by atoms with Crippen LogP contribution in [0.25, 0.3) is 10.2 Å². The summed E-state index contributed by atoms with van der Waals surface area (Å²) in [6.07, 6.45) is 5.61. The monoisotopic (exact) mass is 351 g/mol. The van der Waals surface area contributed by atoms with Crippen molar-refractivity contribution >= 4 is 45.3 Å². The lowest BCUT2D eigenvalue weighted by Crippen LogP contribution is -2.11. The molecule has 4 nitrogen and oxygen atoms in total. The maximum atomic E-state index is 11.6. The third-order valence-electron chi connectivity index (χ3n) is 3.76. The molecule has 1 unspecified atom stereocenters. The first-order valence-electron chi connectivity index (χ1n) is 7.85. The molecule has 0 aliphatic carbocycles. The molecule has 0 aliphatic heterocycles. The topological polar surface area (TPSA) is 67.3 Å². The van der Waals surface area contributed by atoms with Crippen LogP contribution in [0, 0.1) is 0 Å². The van der Waals surface area contributed by atoms with E-state index in [1.54, 1.807) is 0 Å². The molecule has 2 aromatic rings. The van der Waals surface area contributed by atoms with Crippen molar-refractivity contribution in [1.82, 2.24) is 4.98 Å². The fourth-order valence-corrected chi connectivity index (χ4v) is 3.85. The van der Waals surface area contributed by atoms with Crippen molar-refractivity contribution in [2.24, 2.45) is 0 Å². The van der Waals surface area contributed by atoms with Crippen LogP contribution in [0.3, 0.4) is 0 Å². The predicted molar refractivity (Wildman–Crippen MR) is 96.5 cm³/mol. The Kier molecular flexibility index (Phi) is 6.59. The van der Waals surface area contributed by atoms with Gasteiger partial charge >= 0.3 is 5.97 Å². The summed E-state index contributed by atoms with van der Waals surface area (Å²) < 4.78 is 0.974. The summed E-state index contributed by atoms with van der Waals surface area (Å²) in [5, 5.41) is 9.02. The highest BCUT2D eigenvalue weighted by Gasteiger charge is 2.24. The molecule has 0 saturated carbocycles. The number of rotatable bonds is 9. The van der Waals surface area contributed by atoms with Gasteiger partial charge in [0.1, 0.15) is 5.01 Å². The molecule has 0 spiro atoms. The first-order valence-corrected chi connectivity index (χ1v) is 9.11. The maximum Gasteiger partial charge on any atom is 0.304 e. The molecule has 1 N–H and O–H groups in total. The minimum Gasteiger partial charge on any atom is -0.481 e. The fourth-order valence-electron chi connectivity index (χ4n) is 2.51. The number of carbonyl (C=O) groups excluding carboxylic acids is 1. The summed E-state index contributed by atoms with van der Waals surface area (Å²) in [5.41, 5.74) is 2.07. The number of thiol groups is 1. The van der Waals surface area contributed by atoms with E-state index >= 15 is 0 Å². The molecule has 124 valence electrons. The second-order valence-electron chi connectivity index (χ2n) is 5.65. The van der Waals surface area contributed by atoms with Gasteiger partial charge in [-0.05, 0) is 30.5 Å². The van der Waals surface area contributed by atoms with Crippen LogP contribution in [-0.4, -0.2) is 21.2 Å². The Hall–Kier alpha value is -1.40. The largest absolute Gasteiger partial charge is 0.481 e. The van der Waals surface area contributed by atoms with E-state index < -0.39 is 17.0 Å². The number of nitrogens with zero attached hydrogens (tertiary/aromatic N) is 1. The average molecular weight is 351 g/mol. The number of aliphatic carboxylic acids is 1. The van der Waals surface area contributed by atoms with Gasteiger partial charge in [-0.15, -0.1) is 24.0 Å². The molecule has 0 saturated heterocycles. The number of aromatic nitrogens is 1. The van der Waals surface area contributed by atoms with E-state index in [-0.39, 0.29) is 6.42 Å². The zero-order valence-electron chi connectivity index (χ0n) is 13.1. The van der Waals surface area contributed by atoms with Crippen LogP contribution < -0.4 is 0 Å². The summed E-state index contributed by atoms with van der Waals surface area (Å²) in [6, 6.07) is 6.14. The number of benzene rings is 1. The highest BCUT2D eigenvalue weighted by molar-refractivity contribution is 7.96. The van der Waals surface area contributed by atoms with Crippen LogP contribution in [0.15, 0.2) is 18.2 Å².